The van der Waals surface area contributed by atoms with E-state index >= 15 is 0 Å². The summed E-state index contributed by atoms with van der Waals surface area (Å²) in [5, 5.41) is 7.09. The van der Waals surface area contributed by atoms with Gasteiger partial charge in [0, 0.05) is 31.3 Å². The molecular weight excluding hydrogens is 276 g/mol. The zero-order valence-corrected chi connectivity index (χ0v) is 12.2. The molecule has 0 aliphatic heterocycles. The molecule has 1 aromatic rings. The van der Waals surface area contributed by atoms with Gasteiger partial charge in [0.05, 0.1) is 11.4 Å². The van der Waals surface area contributed by atoms with E-state index in [1.54, 1.807) is 25.0 Å². The van der Waals surface area contributed by atoms with Crippen molar-refractivity contribution in [3.63, 3.8) is 0 Å². The highest BCUT2D eigenvalue weighted by Gasteiger charge is 2.03. The third-order valence-corrected chi connectivity index (χ3v) is 3.54. The van der Waals surface area contributed by atoms with Crippen LogP contribution in [0.5, 0.6) is 0 Å². The lowest BCUT2D eigenvalue weighted by atomic mass is 10.4. The Kier molecular flexibility index (Phi) is 6.54. The number of halogens is 1. The van der Waals surface area contributed by atoms with Crippen LogP contribution >= 0.6 is 35.6 Å². The largest absolute Gasteiger partial charge is 0.366 e. The minimum absolute atomic E-state index is 0.496. The second-order valence-electron chi connectivity index (χ2n) is 3.31. The minimum atomic E-state index is 0.496. The number of aryl methyl sites for hydroxylation is 1. The summed E-state index contributed by atoms with van der Waals surface area (Å²) in [6.07, 6.45) is 1.73. The molecule has 17 heavy (non-hydrogen) atoms. The predicted octanol–water partition coefficient (Wildman–Crippen LogP) is 1.77. The summed E-state index contributed by atoms with van der Waals surface area (Å²) in [7, 11) is 1.80. The Morgan fingerprint density at radius 2 is 2.35 bits per heavy atom. The Morgan fingerprint density at radius 1 is 1.59 bits per heavy atom. The topological polar surface area (TPSA) is 49.8 Å². The van der Waals surface area contributed by atoms with Crippen LogP contribution in [0.4, 0.5) is 0 Å². The lowest BCUT2D eigenvalue weighted by Gasteiger charge is -2.07. The molecule has 7 heteroatoms. The molecule has 0 unspecified atom stereocenters. The Morgan fingerprint density at radius 3 is 3.00 bits per heavy atom. The van der Waals surface area contributed by atoms with Gasteiger partial charge in [-0.1, -0.05) is 11.6 Å². The van der Waals surface area contributed by atoms with Crippen molar-refractivity contribution in [2.45, 2.75) is 12.7 Å². The molecule has 94 valence electrons. The van der Waals surface area contributed by atoms with Crippen LogP contribution in [0, 0.1) is 6.92 Å². The fourth-order valence-electron chi connectivity index (χ4n) is 1.06. The van der Waals surface area contributed by atoms with Gasteiger partial charge in [0.25, 0.3) is 0 Å². The first kappa shape index (κ1) is 14.5. The van der Waals surface area contributed by atoms with E-state index in [-0.39, 0.29) is 0 Å². The lowest BCUT2D eigenvalue weighted by molar-refractivity contribution is 0.942. The number of hydrogen-bond donors (Lipinski definition) is 2. The molecule has 2 N–H and O–H groups in total. The van der Waals surface area contributed by atoms with Gasteiger partial charge in [-0.25, -0.2) is 4.98 Å². The van der Waals surface area contributed by atoms with E-state index in [2.05, 4.69) is 20.6 Å². The number of thiocarbonyl (C=S) groups is 1. The predicted molar refractivity (Wildman–Crippen MR) is 77.6 cm³/mol. The van der Waals surface area contributed by atoms with Gasteiger partial charge in [-0.05, 0) is 19.1 Å². The second kappa shape index (κ2) is 7.68. The third kappa shape index (κ3) is 5.52. The SMILES string of the molecule is CNC(=S)NCCSCc1ncc(C)nc1Cl. The van der Waals surface area contributed by atoms with Gasteiger partial charge in [0.15, 0.2) is 10.3 Å². The molecule has 0 saturated carbocycles. The van der Waals surface area contributed by atoms with Gasteiger partial charge in [-0.3, -0.25) is 4.98 Å². The number of nitrogens with one attached hydrogen (secondary N) is 2. The normalized spacial score (nSPS) is 10.1. The van der Waals surface area contributed by atoms with Gasteiger partial charge in [0.2, 0.25) is 0 Å². The first-order valence-corrected chi connectivity index (χ1v) is 7.09. The highest BCUT2D eigenvalue weighted by molar-refractivity contribution is 7.98. The number of thioether (sulfide) groups is 1. The van der Waals surface area contributed by atoms with Gasteiger partial charge in [-0.2, -0.15) is 11.8 Å². The maximum Gasteiger partial charge on any atom is 0.166 e. The van der Waals surface area contributed by atoms with Crippen molar-refractivity contribution in [2.75, 3.05) is 19.3 Å². The zero-order valence-electron chi connectivity index (χ0n) is 9.79. The van der Waals surface area contributed by atoms with Crippen LogP contribution in [0.2, 0.25) is 5.15 Å². The molecule has 0 saturated heterocycles. The monoisotopic (exact) mass is 290 g/mol. The van der Waals surface area contributed by atoms with Gasteiger partial charge in [0.1, 0.15) is 0 Å². The van der Waals surface area contributed by atoms with Gasteiger partial charge in [-0.15, -0.1) is 0 Å². The van der Waals surface area contributed by atoms with Crippen molar-refractivity contribution in [2.24, 2.45) is 0 Å². The molecule has 0 spiro atoms. The van der Waals surface area contributed by atoms with E-state index in [1.165, 1.54) is 0 Å². The maximum atomic E-state index is 5.98. The molecule has 4 nitrogen and oxygen atoms in total. The fourth-order valence-corrected chi connectivity index (χ4v) is 2.29. The Hall–Kier alpha value is -0.590. The van der Waals surface area contributed by atoms with E-state index in [0.717, 1.165) is 29.4 Å². The Balaban J connectivity index is 2.24. The first-order chi connectivity index (χ1) is 8.13. The Labute approximate surface area is 116 Å². The molecule has 0 aromatic carbocycles. The number of aromatic nitrogens is 2. The number of rotatable bonds is 5. The molecule has 0 atom stereocenters. The summed E-state index contributed by atoms with van der Waals surface area (Å²) in [6, 6.07) is 0. The molecule has 0 radical (unpaired) electrons. The standard InChI is InChI=1S/C10H15ClN4S2/c1-7-5-14-8(9(11)15-7)6-17-4-3-13-10(16)12-2/h5H,3-4,6H2,1-2H3,(H2,12,13,16). The average Bonchev–Trinajstić information content (AvgIpc) is 2.30. The Bertz CT molecular complexity index is 387. The van der Waals surface area contributed by atoms with Crippen molar-refractivity contribution in [1.82, 2.24) is 20.6 Å². The molecule has 1 aromatic heterocycles. The van der Waals surface area contributed by atoms with E-state index in [4.69, 9.17) is 23.8 Å². The van der Waals surface area contributed by atoms with Crippen molar-refractivity contribution >= 4 is 40.7 Å². The van der Waals surface area contributed by atoms with E-state index in [0.29, 0.717) is 10.3 Å². The number of hydrogen-bond acceptors (Lipinski definition) is 4. The van der Waals surface area contributed by atoms with Crippen molar-refractivity contribution in [1.29, 1.82) is 0 Å². The van der Waals surface area contributed by atoms with Crippen LogP contribution in [-0.2, 0) is 5.75 Å². The molecule has 0 aliphatic rings. The van der Waals surface area contributed by atoms with Crippen LogP contribution < -0.4 is 10.6 Å². The van der Waals surface area contributed by atoms with Crippen molar-refractivity contribution < 1.29 is 0 Å². The first-order valence-electron chi connectivity index (χ1n) is 5.15. The van der Waals surface area contributed by atoms with E-state index < -0.39 is 0 Å². The summed E-state index contributed by atoms with van der Waals surface area (Å²) in [5.41, 5.74) is 1.67. The van der Waals surface area contributed by atoms with Gasteiger partial charge < -0.3 is 10.6 Å². The van der Waals surface area contributed by atoms with Crippen molar-refractivity contribution in [3.05, 3.63) is 22.7 Å². The van der Waals surface area contributed by atoms with Crippen LogP contribution in [0.15, 0.2) is 6.20 Å². The average molecular weight is 291 g/mol. The second-order valence-corrected chi connectivity index (χ2v) is 5.18. The molecular formula is C10H15ClN4S2. The van der Waals surface area contributed by atoms with Gasteiger partial charge >= 0.3 is 0 Å². The smallest absolute Gasteiger partial charge is 0.166 e. The van der Waals surface area contributed by atoms with Crippen LogP contribution in [0.3, 0.4) is 0 Å². The van der Waals surface area contributed by atoms with Crippen molar-refractivity contribution in [3.8, 4) is 0 Å². The van der Waals surface area contributed by atoms with Crippen LogP contribution in [0.1, 0.15) is 11.4 Å². The molecule has 1 heterocycles. The quantitative estimate of drug-likeness (QED) is 0.637. The minimum Gasteiger partial charge on any atom is -0.366 e. The molecule has 0 bridgehead atoms. The summed E-state index contributed by atoms with van der Waals surface area (Å²) < 4.78 is 0. The maximum absolute atomic E-state index is 5.98. The summed E-state index contributed by atoms with van der Waals surface area (Å²) >= 11 is 12.7. The van der Waals surface area contributed by atoms with Crippen LogP contribution in [-0.4, -0.2) is 34.4 Å². The fraction of sp³-hybridized carbons (Fsp3) is 0.500. The molecule has 0 fully saturated rings. The van der Waals surface area contributed by atoms with Crippen LogP contribution in [0.25, 0.3) is 0 Å². The molecule has 1 rings (SSSR count). The highest BCUT2D eigenvalue weighted by Crippen LogP contribution is 2.16. The summed E-state index contributed by atoms with van der Waals surface area (Å²) in [6.45, 7) is 2.69. The third-order valence-electron chi connectivity index (χ3n) is 1.92. The lowest BCUT2D eigenvalue weighted by Crippen LogP contribution is -2.33. The zero-order chi connectivity index (χ0) is 12.7. The highest BCUT2D eigenvalue weighted by atomic mass is 35.5. The molecule has 0 aliphatic carbocycles. The summed E-state index contributed by atoms with van der Waals surface area (Å²) in [5.74, 6) is 1.70. The summed E-state index contributed by atoms with van der Waals surface area (Å²) in [4.78, 5) is 8.41. The van der Waals surface area contributed by atoms with E-state index in [9.17, 15) is 0 Å². The van der Waals surface area contributed by atoms with E-state index in [1.807, 2.05) is 6.92 Å². The number of nitrogens with zero attached hydrogens (tertiary/aromatic N) is 2. The molecule has 0 amide bonds.